The molecular weight excluding hydrogens is 286 g/mol. The number of likely N-dealkylation sites (tertiary alicyclic amines) is 1. The second-order valence-electron chi connectivity index (χ2n) is 6.04. The third-order valence-corrected chi connectivity index (χ3v) is 4.99. The number of nitrogens with one attached hydrogen (secondary N) is 1. The van der Waals surface area contributed by atoms with Crippen molar-refractivity contribution in [3.8, 4) is 0 Å². The number of rotatable bonds is 5. The molecule has 0 aromatic carbocycles. The van der Waals surface area contributed by atoms with E-state index in [-0.39, 0.29) is 11.9 Å². The number of nitrogens with two attached hydrogens (primary N) is 1. The van der Waals surface area contributed by atoms with Crippen LogP contribution in [0.25, 0.3) is 0 Å². The predicted octanol–water partition coefficient (Wildman–Crippen LogP) is 1.81. The molecular formula is C14H25N5OS. The van der Waals surface area contributed by atoms with E-state index in [1.807, 2.05) is 6.92 Å². The minimum Gasteiger partial charge on any atom is -0.374 e. The summed E-state index contributed by atoms with van der Waals surface area (Å²) in [7, 11) is 0. The lowest BCUT2D eigenvalue weighted by Crippen LogP contribution is -2.39. The lowest BCUT2D eigenvalue weighted by Gasteiger charge is -2.34. The molecule has 1 aliphatic heterocycles. The van der Waals surface area contributed by atoms with E-state index in [9.17, 15) is 4.79 Å². The van der Waals surface area contributed by atoms with E-state index in [1.165, 1.54) is 11.3 Å². The normalized spacial score (nSPS) is 18.9. The minimum atomic E-state index is -0.122. The molecule has 1 aromatic rings. The first-order valence-corrected chi connectivity index (χ1v) is 8.39. The Balaban J connectivity index is 1.75. The minimum absolute atomic E-state index is 0.0965. The topological polar surface area (TPSA) is 84.1 Å². The fourth-order valence-corrected chi connectivity index (χ4v) is 3.33. The highest BCUT2D eigenvalue weighted by Gasteiger charge is 2.23. The highest BCUT2D eigenvalue weighted by Crippen LogP contribution is 2.23. The van der Waals surface area contributed by atoms with Crippen molar-refractivity contribution in [2.75, 3.05) is 18.8 Å². The SMILES string of the molecule is CC(NC(=O)CC1CCN(C(C)C)CC1)c1nnc(N)s1. The van der Waals surface area contributed by atoms with Crippen LogP contribution in [0.5, 0.6) is 0 Å². The van der Waals surface area contributed by atoms with E-state index >= 15 is 0 Å². The number of aromatic nitrogens is 2. The van der Waals surface area contributed by atoms with Crippen LogP contribution in [0, 0.1) is 5.92 Å². The summed E-state index contributed by atoms with van der Waals surface area (Å²) in [6, 6.07) is 0.478. The lowest BCUT2D eigenvalue weighted by molar-refractivity contribution is -0.123. The van der Waals surface area contributed by atoms with Crippen LogP contribution in [0.15, 0.2) is 0 Å². The van der Waals surface area contributed by atoms with Crippen molar-refractivity contribution in [2.45, 2.75) is 52.1 Å². The second kappa shape index (κ2) is 7.17. The number of hydrogen-bond acceptors (Lipinski definition) is 6. The number of piperidine rings is 1. The van der Waals surface area contributed by atoms with Crippen LogP contribution in [0.4, 0.5) is 5.13 Å². The van der Waals surface area contributed by atoms with Crippen LogP contribution in [0.1, 0.15) is 51.1 Å². The molecule has 118 valence electrons. The van der Waals surface area contributed by atoms with Gasteiger partial charge in [-0.05, 0) is 52.6 Å². The quantitative estimate of drug-likeness (QED) is 0.866. The third-order valence-electron chi connectivity index (χ3n) is 4.06. The molecule has 1 fully saturated rings. The van der Waals surface area contributed by atoms with E-state index in [4.69, 9.17) is 5.73 Å². The van der Waals surface area contributed by atoms with Gasteiger partial charge >= 0.3 is 0 Å². The number of carbonyl (C=O) groups is 1. The van der Waals surface area contributed by atoms with Gasteiger partial charge in [0.05, 0.1) is 6.04 Å². The fourth-order valence-electron chi connectivity index (χ4n) is 2.72. The summed E-state index contributed by atoms with van der Waals surface area (Å²) < 4.78 is 0. The summed E-state index contributed by atoms with van der Waals surface area (Å²) in [5.74, 6) is 0.589. The molecule has 0 radical (unpaired) electrons. The van der Waals surface area contributed by atoms with Crippen molar-refractivity contribution in [1.82, 2.24) is 20.4 Å². The molecule has 21 heavy (non-hydrogen) atoms. The van der Waals surface area contributed by atoms with Gasteiger partial charge in [-0.1, -0.05) is 11.3 Å². The average Bonchev–Trinajstić information content (AvgIpc) is 2.86. The van der Waals surface area contributed by atoms with Crippen LogP contribution >= 0.6 is 11.3 Å². The fraction of sp³-hybridized carbons (Fsp3) is 0.786. The molecule has 1 atom stereocenters. The van der Waals surface area contributed by atoms with Crippen molar-refractivity contribution < 1.29 is 4.79 Å². The van der Waals surface area contributed by atoms with E-state index in [1.54, 1.807) is 0 Å². The highest BCUT2D eigenvalue weighted by molar-refractivity contribution is 7.15. The zero-order valence-electron chi connectivity index (χ0n) is 13.0. The number of amides is 1. The zero-order valence-corrected chi connectivity index (χ0v) is 13.8. The molecule has 2 heterocycles. The first-order valence-electron chi connectivity index (χ1n) is 7.58. The molecule has 6 nitrogen and oxygen atoms in total. The van der Waals surface area contributed by atoms with Gasteiger partial charge in [-0.2, -0.15) is 0 Å². The summed E-state index contributed by atoms with van der Waals surface area (Å²) >= 11 is 1.32. The summed E-state index contributed by atoms with van der Waals surface area (Å²) in [6.45, 7) is 8.56. The Labute approximate surface area is 130 Å². The molecule has 3 N–H and O–H groups in total. The molecule has 1 aromatic heterocycles. The second-order valence-corrected chi connectivity index (χ2v) is 7.09. The van der Waals surface area contributed by atoms with Gasteiger partial charge in [0.15, 0.2) is 0 Å². The molecule has 7 heteroatoms. The van der Waals surface area contributed by atoms with Crippen LogP contribution in [-0.2, 0) is 4.79 Å². The summed E-state index contributed by atoms with van der Waals surface area (Å²) in [5, 5.41) is 11.9. The Morgan fingerprint density at radius 2 is 2.05 bits per heavy atom. The van der Waals surface area contributed by atoms with E-state index in [0.29, 0.717) is 23.5 Å². The molecule has 0 saturated carbocycles. The maximum Gasteiger partial charge on any atom is 0.220 e. The van der Waals surface area contributed by atoms with Gasteiger partial charge in [-0.15, -0.1) is 10.2 Å². The maximum atomic E-state index is 12.1. The molecule has 1 saturated heterocycles. The number of nitrogen functional groups attached to an aromatic ring is 1. The van der Waals surface area contributed by atoms with Gasteiger partial charge in [0.2, 0.25) is 11.0 Å². The van der Waals surface area contributed by atoms with Crippen LogP contribution in [0.3, 0.4) is 0 Å². The van der Waals surface area contributed by atoms with E-state index in [0.717, 1.165) is 30.9 Å². The van der Waals surface area contributed by atoms with Crippen molar-refractivity contribution in [1.29, 1.82) is 0 Å². The van der Waals surface area contributed by atoms with Gasteiger partial charge in [-0.3, -0.25) is 4.79 Å². The van der Waals surface area contributed by atoms with Crippen molar-refractivity contribution >= 4 is 22.4 Å². The molecule has 0 aliphatic carbocycles. The van der Waals surface area contributed by atoms with Gasteiger partial charge in [0, 0.05) is 12.5 Å². The third kappa shape index (κ3) is 4.64. The van der Waals surface area contributed by atoms with E-state index < -0.39 is 0 Å². The molecule has 1 unspecified atom stereocenters. The Hall–Kier alpha value is -1.21. The smallest absolute Gasteiger partial charge is 0.220 e. The summed E-state index contributed by atoms with van der Waals surface area (Å²) in [5.41, 5.74) is 5.56. The van der Waals surface area contributed by atoms with Crippen LogP contribution < -0.4 is 11.1 Å². The predicted molar refractivity (Wildman–Crippen MR) is 84.9 cm³/mol. The van der Waals surface area contributed by atoms with Crippen LogP contribution in [0.2, 0.25) is 0 Å². The number of carbonyl (C=O) groups excluding carboxylic acids is 1. The summed E-state index contributed by atoms with van der Waals surface area (Å²) in [4.78, 5) is 14.6. The standard InChI is InChI=1S/C14H25N5OS/c1-9(2)19-6-4-11(5-7-19)8-12(20)16-10(3)13-17-18-14(15)21-13/h9-11H,4-8H2,1-3H3,(H2,15,18)(H,16,20). The highest BCUT2D eigenvalue weighted by atomic mass is 32.1. The molecule has 2 rings (SSSR count). The first-order chi connectivity index (χ1) is 9.95. The number of nitrogens with zero attached hydrogens (tertiary/aromatic N) is 3. The summed E-state index contributed by atoms with van der Waals surface area (Å²) in [6.07, 6.45) is 2.81. The monoisotopic (exact) mass is 311 g/mol. The number of hydrogen-bond donors (Lipinski definition) is 2. The van der Waals surface area contributed by atoms with E-state index in [2.05, 4.69) is 34.3 Å². The van der Waals surface area contributed by atoms with Gasteiger partial charge < -0.3 is 16.0 Å². The average molecular weight is 311 g/mol. The first kappa shape index (κ1) is 16.2. The Kier molecular flexibility index (Phi) is 5.52. The van der Waals surface area contributed by atoms with Crippen LogP contribution in [-0.4, -0.2) is 40.1 Å². The van der Waals surface area contributed by atoms with Crippen molar-refractivity contribution in [2.24, 2.45) is 5.92 Å². The zero-order chi connectivity index (χ0) is 15.4. The van der Waals surface area contributed by atoms with Crippen molar-refractivity contribution in [3.63, 3.8) is 0 Å². The van der Waals surface area contributed by atoms with Gasteiger partial charge in [0.25, 0.3) is 0 Å². The van der Waals surface area contributed by atoms with Gasteiger partial charge in [-0.25, -0.2) is 0 Å². The van der Waals surface area contributed by atoms with Crippen molar-refractivity contribution in [3.05, 3.63) is 5.01 Å². The Morgan fingerprint density at radius 1 is 1.38 bits per heavy atom. The lowest BCUT2D eigenvalue weighted by atomic mass is 9.92. The molecule has 1 aliphatic rings. The molecule has 0 bridgehead atoms. The maximum absolute atomic E-state index is 12.1. The Bertz CT molecular complexity index is 468. The Morgan fingerprint density at radius 3 is 2.57 bits per heavy atom. The van der Waals surface area contributed by atoms with Gasteiger partial charge in [0.1, 0.15) is 5.01 Å². The molecule has 0 spiro atoms. The molecule has 1 amide bonds. The number of anilines is 1. The largest absolute Gasteiger partial charge is 0.374 e.